The Hall–Kier alpha value is -2.38. The Kier molecular flexibility index (Phi) is 3.12. The molecule has 0 amide bonds. The third kappa shape index (κ3) is 2.56. The Balaban J connectivity index is 2.14. The number of para-hydroxylation sites is 1. The Labute approximate surface area is 93.5 Å². The average Bonchev–Trinajstić information content (AvgIpc) is 2.33. The quantitative estimate of drug-likeness (QED) is 0.623. The van der Waals surface area contributed by atoms with Crippen LogP contribution in [-0.4, -0.2) is 6.08 Å². The highest BCUT2D eigenvalue weighted by Crippen LogP contribution is 2.19. The summed E-state index contributed by atoms with van der Waals surface area (Å²) in [4.78, 5) is 13.6. The maximum atomic E-state index is 10.0. The first-order chi connectivity index (χ1) is 7.88. The van der Waals surface area contributed by atoms with Crippen molar-refractivity contribution in [3.8, 4) is 0 Å². The third-order valence-corrected chi connectivity index (χ3v) is 2.10. The SMILES string of the molecule is O=C=Nc1ccc(Nc2ccccc2)cc1. The van der Waals surface area contributed by atoms with Gasteiger partial charge in [0.15, 0.2) is 0 Å². The lowest BCUT2D eigenvalue weighted by Crippen LogP contribution is -1.88. The van der Waals surface area contributed by atoms with Crippen molar-refractivity contribution in [2.24, 2.45) is 4.99 Å². The Morgan fingerprint density at radius 3 is 2.12 bits per heavy atom. The number of hydrogen-bond acceptors (Lipinski definition) is 3. The molecule has 0 spiro atoms. The minimum absolute atomic E-state index is 0.605. The summed E-state index contributed by atoms with van der Waals surface area (Å²) in [5.41, 5.74) is 2.58. The van der Waals surface area contributed by atoms with Gasteiger partial charge in [-0.2, -0.15) is 4.99 Å². The predicted octanol–water partition coefficient (Wildman–Crippen LogP) is 3.40. The van der Waals surface area contributed by atoms with Crippen molar-refractivity contribution in [3.05, 3.63) is 54.6 Å². The molecule has 16 heavy (non-hydrogen) atoms. The summed E-state index contributed by atoms with van der Waals surface area (Å²) >= 11 is 0. The number of nitrogens with zero attached hydrogens (tertiary/aromatic N) is 1. The number of aliphatic imine (C=N–C) groups is 1. The normalized spacial score (nSPS) is 9.25. The first-order valence-corrected chi connectivity index (χ1v) is 4.88. The summed E-state index contributed by atoms with van der Waals surface area (Å²) in [6.45, 7) is 0. The van der Waals surface area contributed by atoms with Crippen LogP contribution in [0.3, 0.4) is 0 Å². The number of benzene rings is 2. The molecule has 0 atom stereocenters. The molecule has 0 fully saturated rings. The fourth-order valence-electron chi connectivity index (χ4n) is 1.36. The van der Waals surface area contributed by atoms with Crippen LogP contribution in [0.15, 0.2) is 59.6 Å². The second kappa shape index (κ2) is 4.91. The maximum absolute atomic E-state index is 10.0. The number of anilines is 2. The van der Waals surface area contributed by atoms with Gasteiger partial charge in [0.25, 0.3) is 0 Å². The standard InChI is InChI=1S/C13H10N2O/c16-10-14-11-6-8-13(9-7-11)15-12-4-2-1-3-5-12/h1-9,15H. The van der Waals surface area contributed by atoms with Gasteiger partial charge in [0.2, 0.25) is 6.08 Å². The van der Waals surface area contributed by atoms with E-state index in [-0.39, 0.29) is 0 Å². The Morgan fingerprint density at radius 1 is 0.875 bits per heavy atom. The second-order valence-corrected chi connectivity index (χ2v) is 3.24. The van der Waals surface area contributed by atoms with E-state index in [1.807, 2.05) is 42.5 Å². The first kappa shape index (κ1) is 10.1. The van der Waals surface area contributed by atoms with E-state index in [1.54, 1.807) is 12.1 Å². The monoisotopic (exact) mass is 210 g/mol. The summed E-state index contributed by atoms with van der Waals surface area (Å²) in [5, 5.41) is 3.23. The predicted molar refractivity (Wildman–Crippen MR) is 63.9 cm³/mol. The van der Waals surface area contributed by atoms with Crippen molar-refractivity contribution in [2.75, 3.05) is 5.32 Å². The van der Waals surface area contributed by atoms with Crippen LogP contribution in [0.5, 0.6) is 0 Å². The zero-order valence-electron chi connectivity index (χ0n) is 8.55. The van der Waals surface area contributed by atoms with Crippen LogP contribution in [0.25, 0.3) is 0 Å². The van der Waals surface area contributed by atoms with Crippen LogP contribution >= 0.6 is 0 Å². The van der Waals surface area contributed by atoms with Gasteiger partial charge in [0.05, 0.1) is 5.69 Å². The molecule has 1 N–H and O–H groups in total. The van der Waals surface area contributed by atoms with Gasteiger partial charge in [0.1, 0.15) is 0 Å². The minimum atomic E-state index is 0.605. The maximum Gasteiger partial charge on any atom is 0.240 e. The molecule has 0 aliphatic heterocycles. The molecule has 0 saturated heterocycles. The zero-order chi connectivity index (χ0) is 11.2. The number of nitrogens with one attached hydrogen (secondary N) is 1. The van der Waals surface area contributed by atoms with E-state index >= 15 is 0 Å². The van der Waals surface area contributed by atoms with E-state index in [0.717, 1.165) is 11.4 Å². The molecule has 78 valence electrons. The fraction of sp³-hybridized carbons (Fsp3) is 0. The van der Waals surface area contributed by atoms with Crippen molar-refractivity contribution in [1.82, 2.24) is 0 Å². The molecular weight excluding hydrogens is 200 g/mol. The molecule has 0 bridgehead atoms. The Bertz CT molecular complexity index is 499. The van der Waals surface area contributed by atoms with Crippen LogP contribution < -0.4 is 5.32 Å². The summed E-state index contributed by atoms with van der Waals surface area (Å²) < 4.78 is 0. The van der Waals surface area contributed by atoms with Crippen LogP contribution in [0.2, 0.25) is 0 Å². The first-order valence-electron chi connectivity index (χ1n) is 4.88. The number of carbonyl (C=O) groups excluding carboxylic acids is 1. The number of hydrogen-bond donors (Lipinski definition) is 1. The third-order valence-electron chi connectivity index (χ3n) is 2.10. The molecule has 3 nitrogen and oxygen atoms in total. The number of rotatable bonds is 3. The molecule has 0 unspecified atom stereocenters. The van der Waals surface area contributed by atoms with Crippen LogP contribution in [0, 0.1) is 0 Å². The van der Waals surface area contributed by atoms with Crippen molar-refractivity contribution in [1.29, 1.82) is 0 Å². The van der Waals surface area contributed by atoms with Crippen LogP contribution in [0.4, 0.5) is 17.1 Å². The van der Waals surface area contributed by atoms with E-state index in [4.69, 9.17) is 0 Å². The highest BCUT2D eigenvalue weighted by molar-refractivity contribution is 5.62. The van der Waals surface area contributed by atoms with Crippen molar-refractivity contribution in [2.45, 2.75) is 0 Å². The lowest BCUT2D eigenvalue weighted by Gasteiger charge is -2.05. The van der Waals surface area contributed by atoms with Gasteiger partial charge in [-0.25, -0.2) is 4.79 Å². The van der Waals surface area contributed by atoms with Gasteiger partial charge in [-0.1, -0.05) is 18.2 Å². The lowest BCUT2D eigenvalue weighted by molar-refractivity contribution is 0.565. The summed E-state index contributed by atoms with van der Waals surface area (Å²) in [7, 11) is 0. The van der Waals surface area contributed by atoms with Crippen LogP contribution in [0.1, 0.15) is 0 Å². The molecule has 0 heterocycles. The smallest absolute Gasteiger partial charge is 0.240 e. The molecule has 2 aromatic rings. The zero-order valence-corrected chi connectivity index (χ0v) is 8.55. The van der Waals surface area contributed by atoms with Crippen molar-refractivity contribution < 1.29 is 4.79 Å². The highest BCUT2D eigenvalue weighted by atomic mass is 16.1. The molecular formula is C13H10N2O. The molecule has 0 aliphatic carbocycles. The molecule has 0 aliphatic rings. The minimum Gasteiger partial charge on any atom is -0.356 e. The van der Waals surface area contributed by atoms with Gasteiger partial charge >= 0.3 is 0 Å². The second-order valence-electron chi connectivity index (χ2n) is 3.24. The molecule has 2 aromatic carbocycles. The van der Waals surface area contributed by atoms with Gasteiger partial charge in [-0.15, -0.1) is 0 Å². The van der Waals surface area contributed by atoms with E-state index in [2.05, 4.69) is 10.3 Å². The Morgan fingerprint density at radius 2 is 1.50 bits per heavy atom. The van der Waals surface area contributed by atoms with Gasteiger partial charge < -0.3 is 5.32 Å². The van der Waals surface area contributed by atoms with Crippen LogP contribution in [-0.2, 0) is 4.79 Å². The topological polar surface area (TPSA) is 41.5 Å². The highest BCUT2D eigenvalue weighted by Gasteiger charge is 1.93. The van der Waals surface area contributed by atoms with Gasteiger partial charge in [-0.3, -0.25) is 0 Å². The van der Waals surface area contributed by atoms with E-state index in [1.165, 1.54) is 6.08 Å². The molecule has 3 heteroatoms. The molecule has 0 radical (unpaired) electrons. The molecule has 2 rings (SSSR count). The largest absolute Gasteiger partial charge is 0.356 e. The fourth-order valence-corrected chi connectivity index (χ4v) is 1.36. The van der Waals surface area contributed by atoms with E-state index < -0.39 is 0 Å². The van der Waals surface area contributed by atoms with Gasteiger partial charge in [0, 0.05) is 11.4 Å². The van der Waals surface area contributed by atoms with Gasteiger partial charge in [-0.05, 0) is 36.4 Å². The summed E-state index contributed by atoms with van der Waals surface area (Å²) in [6, 6.07) is 17.1. The van der Waals surface area contributed by atoms with Crippen molar-refractivity contribution >= 4 is 23.1 Å². The molecule has 0 aromatic heterocycles. The number of isocyanates is 1. The van der Waals surface area contributed by atoms with E-state index in [0.29, 0.717) is 5.69 Å². The summed E-state index contributed by atoms with van der Waals surface area (Å²) in [5.74, 6) is 0. The van der Waals surface area contributed by atoms with Crippen molar-refractivity contribution in [3.63, 3.8) is 0 Å². The lowest BCUT2D eigenvalue weighted by atomic mass is 10.2. The molecule has 0 saturated carbocycles. The summed E-state index contributed by atoms with van der Waals surface area (Å²) in [6.07, 6.45) is 1.51. The average molecular weight is 210 g/mol. The van der Waals surface area contributed by atoms with E-state index in [9.17, 15) is 4.79 Å².